The van der Waals surface area contributed by atoms with Crippen molar-refractivity contribution in [3.63, 3.8) is 0 Å². The van der Waals surface area contributed by atoms with Gasteiger partial charge in [-0.2, -0.15) is 0 Å². The molecule has 1 fully saturated rings. The standard InChI is InChI=1S/C15H19ClN2O3/c16-11-5-4-8-13(9-11)18(10-14(19)20)15(21)17-12-6-2-1-3-7-12/h4-5,8-9,12H,1-3,6-7,10H2,(H,17,21)(H,19,20). The monoisotopic (exact) mass is 310 g/mol. The van der Waals surface area contributed by atoms with Gasteiger partial charge in [-0.1, -0.05) is 36.9 Å². The number of anilines is 1. The average molecular weight is 311 g/mol. The van der Waals surface area contributed by atoms with Crippen molar-refractivity contribution < 1.29 is 14.7 Å². The molecular weight excluding hydrogens is 292 g/mol. The molecule has 0 radical (unpaired) electrons. The molecule has 2 rings (SSSR count). The second-order valence-electron chi connectivity index (χ2n) is 5.24. The summed E-state index contributed by atoms with van der Waals surface area (Å²) in [5, 5.41) is 12.4. The number of amides is 2. The van der Waals surface area contributed by atoms with E-state index in [-0.39, 0.29) is 18.6 Å². The van der Waals surface area contributed by atoms with Crippen molar-refractivity contribution in [2.75, 3.05) is 11.4 Å². The maximum atomic E-state index is 12.4. The zero-order valence-electron chi connectivity index (χ0n) is 11.7. The zero-order chi connectivity index (χ0) is 15.2. The highest BCUT2D eigenvalue weighted by Crippen LogP contribution is 2.21. The van der Waals surface area contributed by atoms with Gasteiger partial charge in [0.1, 0.15) is 6.54 Å². The minimum atomic E-state index is -1.06. The van der Waals surface area contributed by atoms with Crippen LogP contribution in [-0.4, -0.2) is 29.7 Å². The average Bonchev–Trinajstić information content (AvgIpc) is 2.45. The lowest BCUT2D eigenvalue weighted by atomic mass is 9.96. The van der Waals surface area contributed by atoms with Crippen LogP contribution in [0.4, 0.5) is 10.5 Å². The minimum Gasteiger partial charge on any atom is -0.480 e. The number of nitrogens with one attached hydrogen (secondary N) is 1. The Balaban J connectivity index is 2.11. The molecule has 2 N–H and O–H groups in total. The second-order valence-corrected chi connectivity index (χ2v) is 5.68. The fourth-order valence-electron chi connectivity index (χ4n) is 2.56. The molecule has 114 valence electrons. The summed E-state index contributed by atoms with van der Waals surface area (Å²) in [6.07, 6.45) is 5.28. The van der Waals surface area contributed by atoms with Crippen molar-refractivity contribution in [1.82, 2.24) is 5.32 Å². The van der Waals surface area contributed by atoms with Crippen LogP contribution in [0.2, 0.25) is 5.02 Å². The molecule has 1 aromatic rings. The summed E-state index contributed by atoms with van der Waals surface area (Å²) in [5.41, 5.74) is 0.484. The van der Waals surface area contributed by atoms with Gasteiger partial charge in [0.15, 0.2) is 0 Å². The number of hydrogen-bond donors (Lipinski definition) is 2. The van der Waals surface area contributed by atoms with Gasteiger partial charge in [0.25, 0.3) is 0 Å². The third kappa shape index (κ3) is 4.63. The van der Waals surface area contributed by atoms with E-state index in [9.17, 15) is 9.59 Å². The van der Waals surface area contributed by atoms with Crippen LogP contribution in [0.25, 0.3) is 0 Å². The Morgan fingerprint density at radius 3 is 2.62 bits per heavy atom. The van der Waals surface area contributed by atoms with Crippen molar-refractivity contribution in [2.45, 2.75) is 38.1 Å². The number of rotatable bonds is 4. The van der Waals surface area contributed by atoms with E-state index in [0.29, 0.717) is 10.7 Å². The Morgan fingerprint density at radius 2 is 2.00 bits per heavy atom. The maximum Gasteiger partial charge on any atom is 0.323 e. The van der Waals surface area contributed by atoms with Crippen LogP contribution in [0.15, 0.2) is 24.3 Å². The third-order valence-corrected chi connectivity index (χ3v) is 3.83. The van der Waals surface area contributed by atoms with E-state index in [2.05, 4.69) is 5.32 Å². The molecule has 0 bridgehead atoms. The molecule has 0 aromatic heterocycles. The lowest BCUT2D eigenvalue weighted by Gasteiger charge is -2.27. The summed E-state index contributed by atoms with van der Waals surface area (Å²) in [5.74, 6) is -1.06. The van der Waals surface area contributed by atoms with Crippen molar-refractivity contribution in [1.29, 1.82) is 0 Å². The van der Waals surface area contributed by atoms with E-state index in [1.165, 1.54) is 11.3 Å². The van der Waals surface area contributed by atoms with Gasteiger partial charge in [-0.25, -0.2) is 4.79 Å². The van der Waals surface area contributed by atoms with Crippen LogP contribution in [0, 0.1) is 0 Å². The molecule has 0 aliphatic heterocycles. The molecule has 2 amide bonds. The fourth-order valence-corrected chi connectivity index (χ4v) is 2.74. The molecule has 21 heavy (non-hydrogen) atoms. The highest BCUT2D eigenvalue weighted by molar-refractivity contribution is 6.30. The van der Waals surface area contributed by atoms with Gasteiger partial charge < -0.3 is 10.4 Å². The Bertz CT molecular complexity index is 515. The topological polar surface area (TPSA) is 69.6 Å². The van der Waals surface area contributed by atoms with Gasteiger partial charge in [-0.3, -0.25) is 9.69 Å². The quantitative estimate of drug-likeness (QED) is 0.896. The van der Waals surface area contributed by atoms with Gasteiger partial charge in [-0.15, -0.1) is 0 Å². The predicted molar refractivity (Wildman–Crippen MR) is 81.8 cm³/mol. The number of carboxylic acids is 1. The number of urea groups is 1. The smallest absolute Gasteiger partial charge is 0.323 e. The van der Waals surface area contributed by atoms with Crippen LogP contribution in [0.1, 0.15) is 32.1 Å². The van der Waals surface area contributed by atoms with E-state index in [4.69, 9.17) is 16.7 Å². The number of hydrogen-bond acceptors (Lipinski definition) is 2. The molecule has 1 aliphatic carbocycles. The lowest BCUT2D eigenvalue weighted by molar-refractivity contribution is -0.135. The van der Waals surface area contributed by atoms with Crippen LogP contribution >= 0.6 is 11.6 Å². The van der Waals surface area contributed by atoms with E-state index in [0.717, 1.165) is 25.7 Å². The molecule has 6 heteroatoms. The van der Waals surface area contributed by atoms with E-state index >= 15 is 0 Å². The van der Waals surface area contributed by atoms with Gasteiger partial charge in [0.05, 0.1) is 0 Å². The first-order valence-corrected chi connectivity index (χ1v) is 7.49. The molecule has 0 saturated heterocycles. The van der Waals surface area contributed by atoms with Crippen molar-refractivity contribution in [3.05, 3.63) is 29.3 Å². The van der Waals surface area contributed by atoms with Gasteiger partial charge in [0.2, 0.25) is 0 Å². The van der Waals surface area contributed by atoms with Crippen molar-refractivity contribution in [2.24, 2.45) is 0 Å². The number of benzene rings is 1. The number of aliphatic carboxylic acids is 1. The Hall–Kier alpha value is -1.75. The number of halogens is 1. The molecule has 0 atom stereocenters. The number of carboxylic acid groups (broad SMARTS) is 1. The number of carbonyl (C=O) groups is 2. The van der Waals surface area contributed by atoms with Crippen molar-refractivity contribution >= 4 is 29.3 Å². The first-order valence-electron chi connectivity index (χ1n) is 7.11. The van der Waals surface area contributed by atoms with Gasteiger partial charge >= 0.3 is 12.0 Å². The summed E-state index contributed by atoms with van der Waals surface area (Å²) in [7, 11) is 0. The summed E-state index contributed by atoms with van der Waals surface area (Å²) < 4.78 is 0. The normalized spacial score (nSPS) is 15.5. The zero-order valence-corrected chi connectivity index (χ0v) is 12.5. The van der Waals surface area contributed by atoms with Crippen LogP contribution in [0.3, 0.4) is 0 Å². The highest BCUT2D eigenvalue weighted by atomic mass is 35.5. The summed E-state index contributed by atoms with van der Waals surface area (Å²) in [6.45, 7) is -0.390. The molecule has 0 heterocycles. The van der Waals surface area contributed by atoms with E-state index < -0.39 is 5.97 Å². The minimum absolute atomic E-state index is 0.127. The van der Waals surface area contributed by atoms with E-state index in [1.54, 1.807) is 24.3 Å². The third-order valence-electron chi connectivity index (χ3n) is 3.59. The largest absolute Gasteiger partial charge is 0.480 e. The molecule has 0 spiro atoms. The number of nitrogens with zero attached hydrogens (tertiary/aromatic N) is 1. The summed E-state index contributed by atoms with van der Waals surface area (Å²) in [4.78, 5) is 24.6. The fraction of sp³-hybridized carbons (Fsp3) is 0.467. The van der Waals surface area contributed by atoms with Gasteiger partial charge in [0, 0.05) is 16.8 Å². The van der Waals surface area contributed by atoms with Crippen LogP contribution in [-0.2, 0) is 4.79 Å². The first kappa shape index (κ1) is 15.6. The highest BCUT2D eigenvalue weighted by Gasteiger charge is 2.23. The molecular formula is C15H19ClN2O3. The van der Waals surface area contributed by atoms with Gasteiger partial charge in [-0.05, 0) is 31.0 Å². The van der Waals surface area contributed by atoms with E-state index in [1.807, 2.05) is 0 Å². The molecule has 1 aromatic carbocycles. The summed E-state index contributed by atoms with van der Waals surface area (Å²) >= 11 is 5.92. The molecule has 5 nitrogen and oxygen atoms in total. The van der Waals surface area contributed by atoms with Crippen molar-refractivity contribution in [3.8, 4) is 0 Å². The molecule has 1 saturated carbocycles. The predicted octanol–water partition coefficient (Wildman–Crippen LogP) is 3.27. The number of carbonyl (C=O) groups excluding carboxylic acids is 1. The second kappa shape index (κ2) is 7.31. The van der Waals surface area contributed by atoms with Crippen LogP contribution < -0.4 is 10.2 Å². The Labute approximate surface area is 128 Å². The van der Waals surface area contributed by atoms with Crippen LogP contribution in [0.5, 0.6) is 0 Å². The molecule has 0 unspecified atom stereocenters. The summed E-state index contributed by atoms with van der Waals surface area (Å²) in [6, 6.07) is 6.39. The lowest BCUT2D eigenvalue weighted by Crippen LogP contribution is -2.47. The maximum absolute atomic E-state index is 12.4. The Morgan fingerprint density at radius 1 is 1.29 bits per heavy atom. The first-order chi connectivity index (χ1) is 10.1. The SMILES string of the molecule is O=C(O)CN(C(=O)NC1CCCCC1)c1cccc(Cl)c1. The Kier molecular flexibility index (Phi) is 5.44. The molecule has 1 aliphatic rings.